The van der Waals surface area contributed by atoms with Crippen molar-refractivity contribution in [2.75, 3.05) is 0 Å². The van der Waals surface area contributed by atoms with E-state index in [1.165, 1.54) is 0 Å². The van der Waals surface area contributed by atoms with Gasteiger partial charge in [0.2, 0.25) is 0 Å². The average molecular weight is 221 g/mol. The van der Waals surface area contributed by atoms with E-state index in [9.17, 15) is 4.79 Å². The summed E-state index contributed by atoms with van der Waals surface area (Å²) in [7, 11) is 0. The molecule has 0 aromatic heterocycles. The molecule has 0 N–H and O–H groups in total. The Morgan fingerprint density at radius 1 is 1.73 bits per heavy atom. The van der Waals surface area contributed by atoms with Crippen molar-refractivity contribution in [3.63, 3.8) is 0 Å². The summed E-state index contributed by atoms with van der Waals surface area (Å²) < 4.78 is 5.09. The van der Waals surface area contributed by atoms with E-state index in [4.69, 9.17) is 4.74 Å². The second kappa shape index (κ2) is 4.10. The summed E-state index contributed by atoms with van der Waals surface area (Å²) in [6.45, 7) is 2.14. The number of alkyl halides is 1. The number of esters is 1. The average Bonchev–Trinajstić information content (AvgIpc) is 2.26. The van der Waals surface area contributed by atoms with E-state index in [1.807, 2.05) is 0 Å². The van der Waals surface area contributed by atoms with Crippen molar-refractivity contribution in [1.29, 1.82) is 0 Å². The van der Waals surface area contributed by atoms with E-state index in [0.29, 0.717) is 6.42 Å². The lowest BCUT2D eigenvalue weighted by molar-refractivity contribution is -0.141. The van der Waals surface area contributed by atoms with E-state index in [1.54, 1.807) is 0 Å². The van der Waals surface area contributed by atoms with E-state index < -0.39 is 0 Å². The molecule has 1 fully saturated rings. The number of hydrogen-bond acceptors (Lipinski definition) is 2. The van der Waals surface area contributed by atoms with Crippen LogP contribution in [0.2, 0.25) is 0 Å². The summed E-state index contributed by atoms with van der Waals surface area (Å²) in [5, 5.41) is 0. The highest BCUT2D eigenvalue weighted by molar-refractivity contribution is 9.09. The lowest BCUT2D eigenvalue weighted by atomic mass is 10.1. The molecule has 1 aliphatic rings. The van der Waals surface area contributed by atoms with Crippen LogP contribution in [-0.2, 0) is 9.53 Å². The van der Waals surface area contributed by atoms with Gasteiger partial charge in [-0.1, -0.05) is 35.7 Å². The molecule has 0 aromatic rings. The van der Waals surface area contributed by atoms with E-state index >= 15 is 0 Å². The summed E-state index contributed by atoms with van der Waals surface area (Å²) in [4.78, 5) is 11.0. The minimum atomic E-state index is -0.0621. The van der Waals surface area contributed by atoms with Crippen LogP contribution < -0.4 is 0 Å². The van der Waals surface area contributed by atoms with Crippen molar-refractivity contribution >= 4 is 21.9 Å². The first-order valence-corrected chi connectivity index (χ1v) is 4.99. The number of unbranched alkanes of at least 4 members (excludes halogenated alkanes) is 1. The summed E-state index contributed by atoms with van der Waals surface area (Å²) in [5.41, 5.74) is 0. The Morgan fingerprint density at radius 3 is 2.91 bits per heavy atom. The molecular formula is C8H13BrO2. The molecule has 0 unspecified atom stereocenters. The van der Waals surface area contributed by atoms with Crippen molar-refractivity contribution in [1.82, 2.24) is 0 Å². The Bertz CT molecular complexity index is 147. The first kappa shape index (κ1) is 9.04. The molecule has 0 spiro atoms. The molecule has 2 nitrogen and oxygen atoms in total. The van der Waals surface area contributed by atoms with Gasteiger partial charge in [-0.15, -0.1) is 0 Å². The van der Waals surface area contributed by atoms with Crippen LogP contribution in [-0.4, -0.2) is 16.9 Å². The third-order valence-electron chi connectivity index (χ3n) is 1.89. The lowest BCUT2D eigenvalue weighted by Crippen LogP contribution is -2.14. The number of rotatable bonds is 3. The van der Waals surface area contributed by atoms with Gasteiger partial charge in [0.05, 0.1) is 11.2 Å². The fourth-order valence-electron chi connectivity index (χ4n) is 1.23. The van der Waals surface area contributed by atoms with Crippen molar-refractivity contribution in [2.24, 2.45) is 0 Å². The molecule has 0 aromatic carbocycles. The lowest BCUT2D eigenvalue weighted by Gasteiger charge is -2.10. The van der Waals surface area contributed by atoms with Gasteiger partial charge in [-0.05, 0) is 6.42 Å². The van der Waals surface area contributed by atoms with Crippen LogP contribution in [0.15, 0.2) is 0 Å². The number of carbonyl (C=O) groups excluding carboxylic acids is 1. The zero-order valence-electron chi connectivity index (χ0n) is 6.68. The van der Waals surface area contributed by atoms with Crippen LogP contribution in [0.4, 0.5) is 0 Å². The number of hydrogen-bond donors (Lipinski definition) is 0. The summed E-state index contributed by atoms with van der Waals surface area (Å²) in [6.07, 6.45) is 3.96. The van der Waals surface area contributed by atoms with Crippen LogP contribution in [0.5, 0.6) is 0 Å². The molecular weight excluding hydrogens is 208 g/mol. The quantitative estimate of drug-likeness (QED) is 0.539. The monoisotopic (exact) mass is 220 g/mol. The summed E-state index contributed by atoms with van der Waals surface area (Å²) >= 11 is 3.43. The highest BCUT2D eigenvalue weighted by Gasteiger charge is 2.31. The Morgan fingerprint density at radius 2 is 2.45 bits per heavy atom. The number of ether oxygens (including phenoxy) is 1. The largest absolute Gasteiger partial charge is 0.461 e. The summed E-state index contributed by atoms with van der Waals surface area (Å²) in [6, 6.07) is 0. The first-order chi connectivity index (χ1) is 5.24. The normalized spacial score (nSPS) is 30.5. The molecule has 0 bridgehead atoms. The smallest absolute Gasteiger partial charge is 0.307 e. The molecule has 2 atom stereocenters. The molecule has 64 valence electrons. The highest BCUT2D eigenvalue weighted by atomic mass is 79.9. The van der Waals surface area contributed by atoms with Gasteiger partial charge in [0, 0.05) is 0 Å². The molecule has 1 saturated heterocycles. The predicted octanol–water partition coefficient (Wildman–Crippen LogP) is 2.26. The van der Waals surface area contributed by atoms with Crippen molar-refractivity contribution in [3.8, 4) is 0 Å². The Hall–Kier alpha value is -0.0500. The second-order valence-corrected chi connectivity index (χ2v) is 4.07. The SMILES string of the molecule is CCCC[C@H]1OC(=O)C[C@@H]1Br. The fraction of sp³-hybridized carbons (Fsp3) is 0.875. The molecule has 0 aliphatic carbocycles. The van der Waals surface area contributed by atoms with Crippen molar-refractivity contribution in [2.45, 2.75) is 43.5 Å². The van der Waals surface area contributed by atoms with Gasteiger partial charge in [-0.3, -0.25) is 4.79 Å². The predicted molar refractivity (Wildman–Crippen MR) is 46.7 cm³/mol. The molecule has 0 saturated carbocycles. The molecule has 1 aliphatic heterocycles. The van der Waals surface area contributed by atoms with Gasteiger partial charge in [-0.2, -0.15) is 0 Å². The van der Waals surface area contributed by atoms with E-state index in [-0.39, 0.29) is 16.9 Å². The number of carbonyl (C=O) groups is 1. The molecule has 3 heteroatoms. The van der Waals surface area contributed by atoms with Crippen LogP contribution in [0.1, 0.15) is 32.6 Å². The zero-order chi connectivity index (χ0) is 8.27. The Balaban J connectivity index is 2.28. The van der Waals surface area contributed by atoms with Gasteiger partial charge in [0.1, 0.15) is 6.10 Å². The van der Waals surface area contributed by atoms with Crippen LogP contribution in [0, 0.1) is 0 Å². The maximum atomic E-state index is 10.8. The molecule has 1 rings (SSSR count). The molecule has 11 heavy (non-hydrogen) atoms. The van der Waals surface area contributed by atoms with Crippen LogP contribution in [0.25, 0.3) is 0 Å². The zero-order valence-corrected chi connectivity index (χ0v) is 8.26. The third kappa shape index (κ3) is 2.47. The van der Waals surface area contributed by atoms with Crippen molar-refractivity contribution in [3.05, 3.63) is 0 Å². The summed E-state index contributed by atoms with van der Waals surface area (Å²) in [5.74, 6) is -0.0621. The fourth-order valence-corrected chi connectivity index (χ4v) is 1.86. The number of halogens is 1. The van der Waals surface area contributed by atoms with E-state index in [2.05, 4.69) is 22.9 Å². The van der Waals surface area contributed by atoms with Gasteiger partial charge in [-0.25, -0.2) is 0 Å². The standard InChI is InChI=1S/C8H13BrO2/c1-2-3-4-7-6(9)5-8(10)11-7/h6-7H,2-5H2,1H3/t6-,7+/m0/s1. The van der Waals surface area contributed by atoms with Gasteiger partial charge >= 0.3 is 5.97 Å². The van der Waals surface area contributed by atoms with Gasteiger partial charge < -0.3 is 4.74 Å². The third-order valence-corrected chi connectivity index (χ3v) is 2.80. The van der Waals surface area contributed by atoms with Gasteiger partial charge in [0.25, 0.3) is 0 Å². The van der Waals surface area contributed by atoms with Crippen LogP contribution >= 0.6 is 15.9 Å². The molecule has 0 amide bonds. The Kier molecular flexibility index (Phi) is 3.37. The first-order valence-electron chi connectivity index (χ1n) is 4.07. The Labute approximate surface area is 75.4 Å². The second-order valence-electron chi connectivity index (χ2n) is 2.89. The minimum Gasteiger partial charge on any atom is -0.461 e. The van der Waals surface area contributed by atoms with E-state index in [0.717, 1.165) is 19.3 Å². The molecule has 1 heterocycles. The minimum absolute atomic E-state index is 0.0621. The van der Waals surface area contributed by atoms with Crippen molar-refractivity contribution < 1.29 is 9.53 Å². The molecule has 0 radical (unpaired) electrons. The maximum absolute atomic E-state index is 10.8. The maximum Gasteiger partial charge on any atom is 0.307 e. The highest BCUT2D eigenvalue weighted by Crippen LogP contribution is 2.25. The van der Waals surface area contributed by atoms with Gasteiger partial charge in [0.15, 0.2) is 0 Å². The number of cyclic esters (lactones) is 1. The topological polar surface area (TPSA) is 26.3 Å². The van der Waals surface area contributed by atoms with Crippen LogP contribution in [0.3, 0.4) is 0 Å².